The van der Waals surface area contributed by atoms with Crippen molar-refractivity contribution in [2.75, 3.05) is 17.7 Å². The van der Waals surface area contributed by atoms with Gasteiger partial charge in [-0.05, 0) is 42.0 Å². The van der Waals surface area contributed by atoms with Gasteiger partial charge in [-0.2, -0.15) is 0 Å². The Morgan fingerprint density at radius 1 is 1.06 bits per heavy atom. The topological polar surface area (TPSA) is 29.3 Å². The fourth-order valence-electron chi connectivity index (χ4n) is 1.77. The lowest BCUT2D eigenvalue weighted by atomic mass is 10.1. The summed E-state index contributed by atoms with van der Waals surface area (Å²) in [7, 11) is 1.80. The number of nitrogens with zero attached hydrogens (tertiary/aromatic N) is 1. The minimum absolute atomic E-state index is 0.299. The van der Waals surface area contributed by atoms with Crippen LogP contribution in [0.2, 0.25) is 0 Å². The molecule has 0 amide bonds. The normalized spacial score (nSPS) is 10.4. The summed E-state index contributed by atoms with van der Waals surface area (Å²) in [5, 5.41) is 0. The summed E-state index contributed by atoms with van der Waals surface area (Å²) in [6, 6.07) is 10.5. The highest BCUT2D eigenvalue weighted by Gasteiger charge is 2.07. The first kappa shape index (κ1) is 12.4. The summed E-state index contributed by atoms with van der Waals surface area (Å²) in [6.45, 7) is 0.424. The molecular weight excluding hydrogens is 234 g/mol. The van der Waals surface area contributed by atoms with Crippen molar-refractivity contribution in [1.29, 1.82) is 0 Å². The Bertz CT molecular complexity index is 555. The van der Waals surface area contributed by atoms with Crippen LogP contribution in [0.1, 0.15) is 5.56 Å². The van der Waals surface area contributed by atoms with Crippen LogP contribution in [-0.2, 0) is 6.54 Å². The highest BCUT2D eigenvalue weighted by Crippen LogP contribution is 2.20. The maximum absolute atomic E-state index is 13.1. The lowest BCUT2D eigenvalue weighted by Crippen LogP contribution is -2.17. The molecule has 2 rings (SSSR count). The number of hydrogen-bond acceptors (Lipinski definition) is 2. The van der Waals surface area contributed by atoms with E-state index in [1.165, 1.54) is 30.3 Å². The number of rotatable bonds is 3. The molecule has 0 aromatic heterocycles. The standard InChI is InChI=1S/C14H14F2N2/c1-18(13-4-2-3-11(15)8-13)9-10-7-12(16)5-6-14(10)17/h2-8H,9,17H2,1H3. The van der Waals surface area contributed by atoms with Gasteiger partial charge >= 0.3 is 0 Å². The highest BCUT2D eigenvalue weighted by atomic mass is 19.1. The first-order valence-electron chi connectivity index (χ1n) is 5.57. The monoisotopic (exact) mass is 248 g/mol. The molecule has 0 bridgehead atoms. The van der Waals surface area contributed by atoms with Gasteiger partial charge in [-0.3, -0.25) is 0 Å². The molecule has 0 radical (unpaired) electrons. The zero-order chi connectivity index (χ0) is 13.1. The van der Waals surface area contributed by atoms with Crippen LogP contribution in [-0.4, -0.2) is 7.05 Å². The molecule has 4 heteroatoms. The number of nitrogens with two attached hydrogens (primary N) is 1. The molecule has 94 valence electrons. The van der Waals surface area contributed by atoms with Crippen LogP contribution in [0.5, 0.6) is 0 Å². The van der Waals surface area contributed by atoms with E-state index in [1.54, 1.807) is 19.2 Å². The van der Waals surface area contributed by atoms with Gasteiger partial charge in [0.25, 0.3) is 0 Å². The number of nitrogen functional groups attached to an aromatic ring is 1. The van der Waals surface area contributed by atoms with Crippen molar-refractivity contribution < 1.29 is 8.78 Å². The summed E-state index contributed by atoms with van der Waals surface area (Å²) in [5.74, 6) is -0.626. The van der Waals surface area contributed by atoms with Gasteiger partial charge in [0.2, 0.25) is 0 Å². The molecule has 2 N–H and O–H groups in total. The zero-order valence-electron chi connectivity index (χ0n) is 10.0. The number of benzene rings is 2. The predicted molar refractivity (Wildman–Crippen MR) is 69.3 cm³/mol. The Hall–Kier alpha value is -2.10. The van der Waals surface area contributed by atoms with Crippen molar-refractivity contribution in [3.05, 3.63) is 59.7 Å². The van der Waals surface area contributed by atoms with E-state index in [2.05, 4.69) is 0 Å². The predicted octanol–water partition coefficient (Wildman–Crippen LogP) is 3.18. The summed E-state index contributed by atoms with van der Waals surface area (Å²) >= 11 is 0. The largest absolute Gasteiger partial charge is 0.398 e. The van der Waals surface area contributed by atoms with Gasteiger partial charge in [0, 0.05) is 25.0 Å². The van der Waals surface area contributed by atoms with E-state index in [1.807, 2.05) is 4.90 Å². The van der Waals surface area contributed by atoms with Crippen LogP contribution in [0.15, 0.2) is 42.5 Å². The summed E-state index contributed by atoms with van der Waals surface area (Å²) < 4.78 is 26.2. The molecule has 2 aromatic rings. The van der Waals surface area contributed by atoms with E-state index in [4.69, 9.17) is 5.73 Å². The van der Waals surface area contributed by atoms with Gasteiger partial charge in [0.05, 0.1) is 0 Å². The van der Waals surface area contributed by atoms with Crippen molar-refractivity contribution in [1.82, 2.24) is 0 Å². The second-order valence-corrected chi connectivity index (χ2v) is 4.18. The second kappa shape index (κ2) is 5.04. The fourth-order valence-corrected chi connectivity index (χ4v) is 1.77. The zero-order valence-corrected chi connectivity index (χ0v) is 10.0. The van der Waals surface area contributed by atoms with Gasteiger partial charge in [-0.25, -0.2) is 8.78 Å². The van der Waals surface area contributed by atoms with E-state index >= 15 is 0 Å². The van der Waals surface area contributed by atoms with Gasteiger partial charge < -0.3 is 10.6 Å². The number of halogens is 2. The number of hydrogen-bond donors (Lipinski definition) is 1. The lowest BCUT2D eigenvalue weighted by Gasteiger charge is -2.20. The second-order valence-electron chi connectivity index (χ2n) is 4.18. The molecule has 2 nitrogen and oxygen atoms in total. The van der Waals surface area contributed by atoms with Gasteiger partial charge in [0.1, 0.15) is 11.6 Å². The summed E-state index contributed by atoms with van der Waals surface area (Å²) in [4.78, 5) is 1.81. The van der Waals surface area contributed by atoms with Crippen LogP contribution in [0.4, 0.5) is 20.2 Å². The molecule has 0 aliphatic carbocycles. The van der Waals surface area contributed by atoms with E-state index in [0.29, 0.717) is 17.8 Å². The molecule has 0 aliphatic rings. The molecule has 0 fully saturated rings. The van der Waals surface area contributed by atoms with Crippen LogP contribution < -0.4 is 10.6 Å². The molecule has 0 spiro atoms. The molecule has 0 saturated carbocycles. The minimum atomic E-state index is -0.327. The third kappa shape index (κ3) is 2.77. The van der Waals surface area contributed by atoms with Gasteiger partial charge in [-0.15, -0.1) is 0 Å². The maximum atomic E-state index is 13.1. The molecule has 0 atom stereocenters. The first-order valence-corrected chi connectivity index (χ1v) is 5.57. The van der Waals surface area contributed by atoms with Crippen molar-refractivity contribution in [3.63, 3.8) is 0 Å². The van der Waals surface area contributed by atoms with Crippen molar-refractivity contribution in [2.24, 2.45) is 0 Å². The first-order chi connectivity index (χ1) is 8.56. The van der Waals surface area contributed by atoms with E-state index in [9.17, 15) is 8.78 Å². The highest BCUT2D eigenvalue weighted by molar-refractivity contribution is 5.51. The average molecular weight is 248 g/mol. The third-order valence-electron chi connectivity index (χ3n) is 2.76. The molecule has 0 unspecified atom stereocenters. The Labute approximate surface area is 105 Å². The van der Waals surface area contributed by atoms with Crippen LogP contribution >= 0.6 is 0 Å². The SMILES string of the molecule is CN(Cc1cc(F)ccc1N)c1cccc(F)c1. The van der Waals surface area contributed by atoms with Gasteiger partial charge in [-0.1, -0.05) is 6.07 Å². The Morgan fingerprint density at radius 2 is 1.78 bits per heavy atom. The Balaban J connectivity index is 2.21. The molecule has 0 aliphatic heterocycles. The van der Waals surface area contributed by atoms with Crippen molar-refractivity contribution in [2.45, 2.75) is 6.54 Å². The van der Waals surface area contributed by atoms with E-state index in [-0.39, 0.29) is 11.6 Å². The fraction of sp³-hybridized carbons (Fsp3) is 0.143. The van der Waals surface area contributed by atoms with E-state index < -0.39 is 0 Å². The molecule has 0 saturated heterocycles. The molecule has 2 aromatic carbocycles. The molecule has 0 heterocycles. The van der Waals surface area contributed by atoms with Crippen molar-refractivity contribution in [3.8, 4) is 0 Å². The Kier molecular flexibility index (Phi) is 3.46. The maximum Gasteiger partial charge on any atom is 0.125 e. The van der Waals surface area contributed by atoms with Crippen LogP contribution in [0.3, 0.4) is 0 Å². The van der Waals surface area contributed by atoms with Crippen LogP contribution in [0, 0.1) is 11.6 Å². The van der Waals surface area contributed by atoms with Crippen molar-refractivity contribution >= 4 is 11.4 Å². The Morgan fingerprint density at radius 3 is 2.50 bits per heavy atom. The number of anilines is 2. The van der Waals surface area contributed by atoms with E-state index in [0.717, 1.165) is 5.69 Å². The van der Waals surface area contributed by atoms with Crippen LogP contribution in [0.25, 0.3) is 0 Å². The lowest BCUT2D eigenvalue weighted by molar-refractivity contribution is 0.624. The summed E-state index contributed by atoms with van der Waals surface area (Å²) in [5.41, 5.74) is 7.71. The summed E-state index contributed by atoms with van der Waals surface area (Å²) in [6.07, 6.45) is 0. The smallest absolute Gasteiger partial charge is 0.125 e. The molecular formula is C14H14F2N2. The molecule has 18 heavy (non-hydrogen) atoms. The minimum Gasteiger partial charge on any atom is -0.398 e. The quantitative estimate of drug-likeness (QED) is 0.845. The third-order valence-corrected chi connectivity index (χ3v) is 2.76. The average Bonchev–Trinajstić information content (AvgIpc) is 2.34. The van der Waals surface area contributed by atoms with Gasteiger partial charge in [0.15, 0.2) is 0 Å².